The van der Waals surface area contributed by atoms with Gasteiger partial charge in [0.25, 0.3) is 5.91 Å². The maximum atomic E-state index is 13.9. The second kappa shape index (κ2) is 13.1. The lowest BCUT2D eigenvalue weighted by molar-refractivity contribution is 0.0925. The van der Waals surface area contributed by atoms with Crippen molar-refractivity contribution < 1.29 is 18.3 Å². The number of nitrogens with zero attached hydrogens (tertiary/aromatic N) is 1. The number of halogens is 2. The Kier molecular flexibility index (Phi) is 11.2. The normalized spacial score (nSPS) is 12.0. The lowest BCUT2D eigenvalue weighted by atomic mass is 10.1. The Morgan fingerprint density at radius 3 is 2.67 bits per heavy atom. The minimum absolute atomic E-state index is 0. The van der Waals surface area contributed by atoms with E-state index in [1.165, 1.54) is 19.4 Å². The molecule has 0 aliphatic carbocycles. The number of carbonyl (C=O) groups excluding carboxylic acids is 1. The van der Waals surface area contributed by atoms with E-state index in [-0.39, 0.29) is 41.7 Å². The molecule has 0 saturated carbocycles. The number of ether oxygens (including phenoxy) is 1. The van der Waals surface area contributed by atoms with E-state index in [2.05, 4.69) is 20.9 Å². The van der Waals surface area contributed by atoms with Gasteiger partial charge >= 0.3 is 0 Å². The number of nitrogens with one attached hydrogen (secondary N) is 3. The molecule has 7 nitrogen and oxygen atoms in total. The van der Waals surface area contributed by atoms with Gasteiger partial charge in [-0.3, -0.25) is 9.79 Å². The summed E-state index contributed by atoms with van der Waals surface area (Å²) in [4.78, 5) is 16.5. The topological polar surface area (TPSA) is 87.9 Å². The van der Waals surface area contributed by atoms with Crippen LogP contribution >= 0.6 is 24.0 Å². The fraction of sp³-hybridized carbons (Fsp3) is 0.429. The maximum Gasteiger partial charge on any atom is 0.287 e. The minimum atomic E-state index is -0.400. The number of furan rings is 1. The number of methoxy groups -OCH3 is 1. The van der Waals surface area contributed by atoms with Crippen LogP contribution in [0.5, 0.6) is 5.75 Å². The fourth-order valence-corrected chi connectivity index (χ4v) is 2.72. The molecule has 0 saturated heterocycles. The Balaban J connectivity index is 0.00000450. The summed E-state index contributed by atoms with van der Waals surface area (Å²) in [7, 11) is 1.44. The summed E-state index contributed by atoms with van der Waals surface area (Å²) in [6, 6.07) is 6.48. The van der Waals surface area contributed by atoms with E-state index in [0.717, 1.165) is 11.1 Å². The summed E-state index contributed by atoms with van der Waals surface area (Å²) in [5.74, 6) is 0.557. The molecular weight excluding hydrogens is 502 g/mol. The smallest absolute Gasteiger partial charge is 0.287 e. The van der Waals surface area contributed by atoms with Crippen molar-refractivity contribution in [3.8, 4) is 5.75 Å². The molecule has 0 aliphatic heterocycles. The minimum Gasteiger partial charge on any atom is -0.494 e. The number of hydrogen-bond acceptors (Lipinski definition) is 4. The van der Waals surface area contributed by atoms with E-state index in [4.69, 9.17) is 9.15 Å². The first-order chi connectivity index (χ1) is 14.0. The zero-order valence-electron chi connectivity index (χ0n) is 17.8. The molecule has 1 aromatic carbocycles. The van der Waals surface area contributed by atoms with Crippen LogP contribution < -0.4 is 20.7 Å². The molecule has 0 fully saturated rings. The van der Waals surface area contributed by atoms with Crippen molar-refractivity contribution in [2.75, 3.05) is 26.7 Å². The number of aryl methyl sites for hydroxylation is 1. The Bertz CT molecular complexity index is 841. The molecule has 1 atom stereocenters. The van der Waals surface area contributed by atoms with Crippen LogP contribution in [0.25, 0.3) is 0 Å². The van der Waals surface area contributed by atoms with E-state index in [1.54, 1.807) is 12.1 Å². The third-order valence-electron chi connectivity index (χ3n) is 4.33. The molecule has 1 heterocycles. The summed E-state index contributed by atoms with van der Waals surface area (Å²) >= 11 is 0. The molecule has 30 heavy (non-hydrogen) atoms. The van der Waals surface area contributed by atoms with Crippen molar-refractivity contribution in [3.63, 3.8) is 0 Å². The number of hydrogen-bond donors (Lipinski definition) is 3. The van der Waals surface area contributed by atoms with E-state index in [0.29, 0.717) is 37.8 Å². The molecule has 0 bridgehead atoms. The van der Waals surface area contributed by atoms with Crippen molar-refractivity contribution >= 4 is 35.8 Å². The van der Waals surface area contributed by atoms with Crippen LogP contribution in [0.2, 0.25) is 0 Å². The Morgan fingerprint density at radius 2 is 2.07 bits per heavy atom. The quantitative estimate of drug-likeness (QED) is 0.198. The molecule has 3 N–H and O–H groups in total. The Hall–Kier alpha value is -2.30. The summed E-state index contributed by atoms with van der Waals surface area (Å²) in [5, 5.41) is 9.24. The second-order valence-electron chi connectivity index (χ2n) is 6.56. The van der Waals surface area contributed by atoms with E-state index < -0.39 is 5.82 Å². The van der Waals surface area contributed by atoms with Crippen LogP contribution in [0.1, 0.15) is 48.0 Å². The lowest BCUT2D eigenvalue weighted by Gasteiger charge is -2.18. The van der Waals surface area contributed by atoms with Gasteiger partial charge in [0.15, 0.2) is 23.3 Å². The van der Waals surface area contributed by atoms with Crippen LogP contribution in [0.4, 0.5) is 4.39 Å². The highest BCUT2D eigenvalue weighted by Crippen LogP contribution is 2.21. The van der Waals surface area contributed by atoms with Gasteiger partial charge in [0.05, 0.1) is 19.4 Å². The Morgan fingerprint density at radius 1 is 1.30 bits per heavy atom. The SMILES string of the molecule is CCNC(=NCCCNC(=O)c1occc1C)NC(C)c1ccc(OC)c(F)c1.I. The summed E-state index contributed by atoms with van der Waals surface area (Å²) in [6.07, 6.45) is 2.17. The van der Waals surface area contributed by atoms with Gasteiger partial charge in [-0.15, -0.1) is 24.0 Å². The van der Waals surface area contributed by atoms with Gasteiger partial charge in [0.1, 0.15) is 0 Å². The molecule has 9 heteroatoms. The molecule has 1 aromatic heterocycles. The highest BCUT2D eigenvalue weighted by Gasteiger charge is 2.12. The summed E-state index contributed by atoms with van der Waals surface area (Å²) < 4.78 is 24.1. The van der Waals surface area contributed by atoms with E-state index in [1.807, 2.05) is 26.8 Å². The Labute approximate surface area is 193 Å². The highest BCUT2D eigenvalue weighted by molar-refractivity contribution is 14.0. The predicted molar refractivity (Wildman–Crippen MR) is 126 cm³/mol. The largest absolute Gasteiger partial charge is 0.494 e. The zero-order chi connectivity index (χ0) is 21.2. The highest BCUT2D eigenvalue weighted by atomic mass is 127. The number of benzene rings is 1. The standard InChI is InChI=1S/C21H29FN4O3.HI/c1-5-23-21(26-15(3)16-7-8-18(28-4)17(22)13-16)25-11-6-10-24-20(27)19-14(2)9-12-29-19;/h7-9,12-13,15H,5-6,10-11H2,1-4H3,(H,24,27)(H2,23,25,26);1H. The number of rotatable bonds is 9. The summed E-state index contributed by atoms with van der Waals surface area (Å²) in [5.41, 5.74) is 1.60. The molecule has 2 aromatic rings. The number of amides is 1. The van der Waals surface area contributed by atoms with Gasteiger partial charge in [-0.2, -0.15) is 0 Å². The molecule has 2 rings (SSSR count). The average molecular weight is 532 g/mol. The molecular formula is C21H30FIN4O3. The number of carbonyl (C=O) groups is 1. The van der Waals surface area contributed by atoms with Crippen LogP contribution in [0, 0.1) is 12.7 Å². The third kappa shape index (κ3) is 7.51. The predicted octanol–water partition coefficient (Wildman–Crippen LogP) is 3.79. The first-order valence-corrected chi connectivity index (χ1v) is 9.66. The van der Waals surface area contributed by atoms with E-state index >= 15 is 0 Å². The zero-order valence-corrected chi connectivity index (χ0v) is 20.1. The van der Waals surface area contributed by atoms with Gasteiger partial charge in [0.2, 0.25) is 0 Å². The van der Waals surface area contributed by atoms with Crippen molar-refractivity contribution in [3.05, 3.63) is 53.2 Å². The number of aliphatic imine (C=N–C) groups is 1. The monoisotopic (exact) mass is 532 g/mol. The molecule has 0 radical (unpaired) electrons. The fourth-order valence-electron chi connectivity index (χ4n) is 2.72. The van der Waals surface area contributed by atoms with Gasteiger partial charge < -0.3 is 25.1 Å². The van der Waals surface area contributed by atoms with Crippen LogP contribution in [-0.4, -0.2) is 38.6 Å². The molecule has 0 spiro atoms. The van der Waals surface area contributed by atoms with Crippen molar-refractivity contribution in [1.82, 2.24) is 16.0 Å². The van der Waals surface area contributed by atoms with Gasteiger partial charge in [-0.1, -0.05) is 6.07 Å². The third-order valence-corrected chi connectivity index (χ3v) is 4.33. The van der Waals surface area contributed by atoms with Crippen molar-refractivity contribution in [2.24, 2.45) is 4.99 Å². The molecule has 1 unspecified atom stereocenters. The second-order valence-corrected chi connectivity index (χ2v) is 6.56. The molecule has 0 aliphatic rings. The van der Waals surface area contributed by atoms with Crippen molar-refractivity contribution in [1.29, 1.82) is 0 Å². The van der Waals surface area contributed by atoms with Crippen LogP contribution in [-0.2, 0) is 0 Å². The van der Waals surface area contributed by atoms with Gasteiger partial charge in [-0.05, 0) is 51.0 Å². The summed E-state index contributed by atoms with van der Waals surface area (Å²) in [6.45, 7) is 7.44. The van der Waals surface area contributed by atoms with Crippen LogP contribution in [0.15, 0.2) is 39.9 Å². The average Bonchev–Trinajstić information content (AvgIpc) is 3.13. The van der Waals surface area contributed by atoms with Gasteiger partial charge in [-0.25, -0.2) is 4.39 Å². The van der Waals surface area contributed by atoms with Gasteiger partial charge in [0, 0.05) is 25.2 Å². The first kappa shape index (κ1) is 25.7. The van der Waals surface area contributed by atoms with Crippen LogP contribution in [0.3, 0.4) is 0 Å². The lowest BCUT2D eigenvalue weighted by Crippen LogP contribution is -2.39. The molecule has 1 amide bonds. The molecule has 166 valence electrons. The van der Waals surface area contributed by atoms with E-state index in [9.17, 15) is 9.18 Å². The number of guanidine groups is 1. The first-order valence-electron chi connectivity index (χ1n) is 9.66. The maximum absolute atomic E-state index is 13.9. The van der Waals surface area contributed by atoms with Crippen molar-refractivity contribution in [2.45, 2.75) is 33.2 Å².